The molecular formula is C30H36F3N3O7. The highest BCUT2D eigenvalue weighted by Crippen LogP contribution is 2.54. The molecule has 1 aromatic carbocycles. The highest BCUT2D eigenvalue weighted by atomic mass is 19.4. The quantitative estimate of drug-likeness (QED) is 0.275. The van der Waals surface area contributed by atoms with Crippen LogP contribution in [0.25, 0.3) is 5.76 Å². The van der Waals surface area contributed by atoms with Gasteiger partial charge < -0.3 is 31.5 Å². The van der Waals surface area contributed by atoms with Crippen LogP contribution in [0.15, 0.2) is 23.0 Å². The fraction of sp³-hybridized carbons (Fsp3) is 0.567. The molecule has 0 radical (unpaired) electrons. The normalized spacial score (nSPS) is 29.0. The number of nitrogens with two attached hydrogens (primary N) is 1. The monoisotopic (exact) mass is 607 g/mol. The fourth-order valence-corrected chi connectivity index (χ4v) is 7.69. The van der Waals surface area contributed by atoms with Gasteiger partial charge in [0.15, 0.2) is 11.4 Å². The maximum Gasteiger partial charge on any atom is 0.417 e. The number of fused-ring (bicyclic) bond motifs is 3. The van der Waals surface area contributed by atoms with Crippen molar-refractivity contribution < 1.29 is 48.0 Å². The number of amides is 1. The number of primary amides is 1. The molecule has 0 spiro atoms. The number of aliphatic hydroxyl groups excluding tert-OH is 2. The van der Waals surface area contributed by atoms with Gasteiger partial charge in [-0.15, -0.1) is 0 Å². The maximum absolute atomic E-state index is 14.7. The number of carbonyl (C=O) groups is 3. The number of benzene rings is 1. The van der Waals surface area contributed by atoms with E-state index in [1.54, 1.807) is 0 Å². The first kappa shape index (κ1) is 31.0. The lowest BCUT2D eigenvalue weighted by Crippen LogP contribution is -2.65. The Bertz CT molecular complexity index is 1480. The lowest BCUT2D eigenvalue weighted by Gasteiger charge is -2.50. The van der Waals surface area contributed by atoms with Gasteiger partial charge in [0.25, 0.3) is 5.91 Å². The zero-order valence-electron chi connectivity index (χ0n) is 24.1. The van der Waals surface area contributed by atoms with E-state index < -0.39 is 98.7 Å². The molecular weight excluding hydrogens is 571 g/mol. The predicted octanol–water partition coefficient (Wildman–Crippen LogP) is 2.80. The largest absolute Gasteiger partial charge is 0.508 e. The summed E-state index contributed by atoms with van der Waals surface area (Å²) in [5.41, 5.74) is -1.64. The van der Waals surface area contributed by atoms with Crippen molar-refractivity contribution in [1.82, 2.24) is 10.2 Å². The predicted molar refractivity (Wildman–Crippen MR) is 148 cm³/mol. The molecule has 1 amide bonds. The van der Waals surface area contributed by atoms with Crippen LogP contribution in [-0.2, 0) is 33.5 Å². The number of alkyl halides is 3. The number of Topliss-reactive ketones (excluding diaryl/α,β-unsaturated/α-hetero) is 2. The highest BCUT2D eigenvalue weighted by molar-refractivity contribution is 6.24. The van der Waals surface area contributed by atoms with Crippen LogP contribution < -0.4 is 11.1 Å². The molecule has 7 N–H and O–H groups in total. The summed E-state index contributed by atoms with van der Waals surface area (Å²) in [4.78, 5) is 40.5. The topological polar surface area (TPSA) is 173 Å². The molecule has 4 aliphatic rings. The molecule has 5 rings (SSSR count). The molecule has 1 aromatic rings. The zero-order chi connectivity index (χ0) is 31.8. The smallest absolute Gasteiger partial charge is 0.417 e. The first-order chi connectivity index (χ1) is 19.9. The molecule has 0 heterocycles. The molecule has 4 atom stereocenters. The van der Waals surface area contributed by atoms with E-state index in [1.165, 1.54) is 19.0 Å². The van der Waals surface area contributed by atoms with Crippen molar-refractivity contribution in [2.45, 2.75) is 81.8 Å². The summed E-state index contributed by atoms with van der Waals surface area (Å²) >= 11 is 0. The van der Waals surface area contributed by atoms with E-state index in [4.69, 9.17) is 5.73 Å². The Hall–Kier alpha value is -3.42. The average Bonchev–Trinajstić information content (AvgIpc) is 2.88. The highest BCUT2D eigenvalue weighted by Gasteiger charge is 2.64. The molecule has 0 aliphatic heterocycles. The van der Waals surface area contributed by atoms with Gasteiger partial charge in [0.1, 0.15) is 22.8 Å². The van der Waals surface area contributed by atoms with Crippen LogP contribution in [-0.4, -0.2) is 74.1 Å². The third kappa shape index (κ3) is 4.72. The molecule has 234 valence electrons. The summed E-state index contributed by atoms with van der Waals surface area (Å²) in [7, 11) is 2.89. The van der Waals surface area contributed by atoms with E-state index in [-0.39, 0.29) is 24.1 Å². The summed E-state index contributed by atoms with van der Waals surface area (Å²) in [6, 6.07) is -0.410. The molecule has 10 nitrogen and oxygen atoms in total. The number of nitrogens with one attached hydrogen (secondary N) is 1. The minimum atomic E-state index is -4.89. The zero-order valence-corrected chi connectivity index (χ0v) is 24.1. The van der Waals surface area contributed by atoms with Gasteiger partial charge in [-0.1, -0.05) is 19.3 Å². The van der Waals surface area contributed by atoms with Crippen molar-refractivity contribution in [2.24, 2.45) is 17.6 Å². The summed E-state index contributed by atoms with van der Waals surface area (Å²) in [5, 5.41) is 48.0. The number of hydrogen-bond acceptors (Lipinski definition) is 9. The van der Waals surface area contributed by atoms with E-state index in [9.17, 15) is 48.0 Å². The molecule has 0 bridgehead atoms. The van der Waals surface area contributed by atoms with Crippen LogP contribution in [0.4, 0.5) is 13.2 Å². The van der Waals surface area contributed by atoms with Crippen LogP contribution in [0.5, 0.6) is 5.75 Å². The van der Waals surface area contributed by atoms with Crippen molar-refractivity contribution in [3.8, 4) is 5.75 Å². The van der Waals surface area contributed by atoms with Crippen LogP contribution >= 0.6 is 0 Å². The van der Waals surface area contributed by atoms with Gasteiger partial charge in [0.05, 0.1) is 17.2 Å². The SMILES string of the molecule is CN(C)[C@@H]1C(=O)C(C(N)=O)=C(O)[C@@]2(O)C(=O)C3=C(O)c4c(O)cc(CNC5(C)CCCCC5)c(C(F)(F)F)c4C[C@H]3C[C@@H]12. The number of phenols is 1. The Morgan fingerprint density at radius 1 is 1.14 bits per heavy atom. The molecule has 0 unspecified atom stereocenters. The van der Waals surface area contributed by atoms with Gasteiger partial charge in [-0.05, 0) is 69.8 Å². The van der Waals surface area contributed by atoms with Crippen LogP contribution in [0.1, 0.15) is 67.7 Å². The lowest BCUT2D eigenvalue weighted by atomic mass is 9.57. The van der Waals surface area contributed by atoms with Gasteiger partial charge in [-0.2, -0.15) is 13.2 Å². The van der Waals surface area contributed by atoms with Crippen molar-refractivity contribution >= 4 is 23.2 Å². The number of aliphatic hydroxyl groups is 3. The molecule has 2 fully saturated rings. The molecule has 4 aliphatic carbocycles. The molecule has 0 saturated heterocycles. The molecule has 43 heavy (non-hydrogen) atoms. The Balaban J connectivity index is 1.67. The average molecular weight is 608 g/mol. The van der Waals surface area contributed by atoms with Crippen molar-refractivity contribution in [1.29, 1.82) is 0 Å². The summed E-state index contributed by atoms with van der Waals surface area (Å²) in [6.07, 6.45) is -1.12. The second kappa shape index (κ2) is 10.3. The van der Waals surface area contributed by atoms with Crippen LogP contribution in [0.2, 0.25) is 0 Å². The second-order valence-corrected chi connectivity index (χ2v) is 12.7. The van der Waals surface area contributed by atoms with Gasteiger partial charge in [-0.25, -0.2) is 0 Å². The second-order valence-electron chi connectivity index (χ2n) is 12.7. The Morgan fingerprint density at radius 2 is 1.77 bits per heavy atom. The van der Waals surface area contributed by atoms with E-state index in [0.717, 1.165) is 38.2 Å². The number of phenolic OH excluding ortho intramolecular Hbond substituents is 1. The van der Waals surface area contributed by atoms with Gasteiger partial charge in [0, 0.05) is 23.6 Å². The third-order valence-corrected chi connectivity index (χ3v) is 9.75. The summed E-state index contributed by atoms with van der Waals surface area (Å²) in [6.45, 7) is 1.76. The van der Waals surface area contributed by atoms with E-state index in [1.807, 2.05) is 6.92 Å². The number of likely N-dealkylation sites (N-methyl/N-ethyl adjacent to an activating group) is 1. The van der Waals surface area contributed by atoms with Gasteiger partial charge in [0.2, 0.25) is 5.78 Å². The van der Waals surface area contributed by atoms with Gasteiger partial charge in [-0.3, -0.25) is 19.3 Å². The number of carbonyl (C=O) groups excluding carboxylic acids is 3. The maximum atomic E-state index is 14.7. The van der Waals surface area contributed by atoms with E-state index >= 15 is 0 Å². The standard InChI is InChI=1S/C30H36F3N3O7/c1-28(7-5-4-6-8-28)35-12-14-11-17(37)19-15(21(14)30(31,32)33)9-13-10-16-22(36(2)3)24(39)20(27(34)42)26(41)29(16,43)25(40)18(13)23(19)38/h11,13,16,22,35,37-38,41,43H,4-10,12H2,1-3H3,(H2,34,42)/t13-,16-,22-,29-/m0/s1. The number of aromatic hydroxyl groups is 1. The first-order valence-corrected chi connectivity index (χ1v) is 14.3. The fourth-order valence-electron chi connectivity index (χ4n) is 7.69. The lowest BCUT2D eigenvalue weighted by molar-refractivity contribution is -0.153. The Kier molecular flexibility index (Phi) is 7.46. The van der Waals surface area contributed by atoms with Crippen molar-refractivity contribution in [3.05, 3.63) is 45.2 Å². The van der Waals surface area contributed by atoms with Crippen molar-refractivity contribution in [2.75, 3.05) is 14.1 Å². The first-order valence-electron chi connectivity index (χ1n) is 14.3. The molecule has 2 saturated carbocycles. The number of hydrogen-bond donors (Lipinski definition) is 6. The number of halogens is 3. The van der Waals surface area contributed by atoms with Crippen LogP contribution in [0.3, 0.4) is 0 Å². The van der Waals surface area contributed by atoms with E-state index in [0.29, 0.717) is 0 Å². The number of nitrogens with zero attached hydrogens (tertiary/aromatic N) is 1. The van der Waals surface area contributed by atoms with E-state index in [2.05, 4.69) is 5.32 Å². The molecule has 13 heteroatoms. The molecule has 0 aromatic heterocycles. The van der Waals surface area contributed by atoms with Crippen molar-refractivity contribution in [3.63, 3.8) is 0 Å². The minimum Gasteiger partial charge on any atom is -0.508 e. The third-order valence-electron chi connectivity index (χ3n) is 9.75. The number of ketones is 2. The van der Waals surface area contributed by atoms with Gasteiger partial charge >= 0.3 is 6.18 Å². The summed E-state index contributed by atoms with van der Waals surface area (Å²) < 4.78 is 44.2. The number of rotatable bonds is 5. The Labute approximate surface area is 246 Å². The Morgan fingerprint density at radius 3 is 2.33 bits per heavy atom. The summed E-state index contributed by atoms with van der Waals surface area (Å²) in [5.74, 6) is -8.99. The minimum absolute atomic E-state index is 0.193. The van der Waals surface area contributed by atoms with Crippen LogP contribution in [0, 0.1) is 11.8 Å².